The molecule has 0 radical (unpaired) electrons. The largest absolute Gasteiger partial charge is 0.483 e. The lowest BCUT2D eigenvalue weighted by molar-refractivity contribution is -0.462. The van der Waals surface area contributed by atoms with Gasteiger partial charge in [-0.15, -0.1) is 0 Å². The summed E-state index contributed by atoms with van der Waals surface area (Å²) in [5.74, 6) is 0.928. The quantitative estimate of drug-likeness (QED) is 0.613. The summed E-state index contributed by atoms with van der Waals surface area (Å²) < 4.78 is 8.39. The van der Waals surface area contributed by atoms with E-state index in [-0.39, 0.29) is 5.60 Å². The fourth-order valence-corrected chi connectivity index (χ4v) is 3.95. The van der Waals surface area contributed by atoms with Gasteiger partial charge < -0.3 is 9.64 Å². The number of nitrogens with zero attached hydrogens (tertiary/aromatic N) is 2. The molecule has 2 aliphatic rings. The van der Waals surface area contributed by atoms with Gasteiger partial charge in [-0.3, -0.25) is 0 Å². The third-order valence-corrected chi connectivity index (χ3v) is 5.70. The van der Waals surface area contributed by atoms with Crippen LogP contribution in [0.3, 0.4) is 0 Å². The minimum absolute atomic E-state index is 0.299. The summed E-state index contributed by atoms with van der Waals surface area (Å²) in [5.41, 5.74) is 7.97. The van der Waals surface area contributed by atoms with E-state index < -0.39 is 0 Å². The normalized spacial score (nSPS) is 16.1. The highest BCUT2D eigenvalue weighted by atomic mass is 16.5. The molecule has 1 heterocycles. The van der Waals surface area contributed by atoms with Crippen molar-refractivity contribution >= 4 is 23.0 Å². The molecule has 158 valence electrons. The molecule has 2 aromatic rings. The molecular formula is C28H31N2O+. The predicted octanol–water partition coefficient (Wildman–Crippen LogP) is 5.58. The Morgan fingerprint density at radius 2 is 1.55 bits per heavy atom. The van der Waals surface area contributed by atoms with Crippen molar-refractivity contribution in [3.8, 4) is 5.75 Å². The van der Waals surface area contributed by atoms with Crippen LogP contribution in [0.2, 0.25) is 0 Å². The second kappa shape index (κ2) is 8.07. The van der Waals surface area contributed by atoms with Crippen LogP contribution in [0.5, 0.6) is 5.75 Å². The van der Waals surface area contributed by atoms with Gasteiger partial charge in [-0.05, 0) is 72.5 Å². The zero-order valence-electron chi connectivity index (χ0n) is 19.3. The van der Waals surface area contributed by atoms with Crippen molar-refractivity contribution in [3.63, 3.8) is 0 Å². The molecule has 3 nitrogen and oxygen atoms in total. The first-order valence-electron chi connectivity index (χ1n) is 10.7. The molecule has 0 spiro atoms. The third kappa shape index (κ3) is 4.27. The second-order valence-corrected chi connectivity index (χ2v) is 9.01. The van der Waals surface area contributed by atoms with Gasteiger partial charge in [-0.1, -0.05) is 30.3 Å². The van der Waals surface area contributed by atoms with Gasteiger partial charge in [0.15, 0.2) is 5.71 Å². The molecule has 3 heteroatoms. The minimum atomic E-state index is -0.299. The van der Waals surface area contributed by atoms with Gasteiger partial charge in [0.1, 0.15) is 25.4 Å². The van der Waals surface area contributed by atoms with Gasteiger partial charge in [0, 0.05) is 37.5 Å². The molecule has 2 aromatic carbocycles. The molecule has 0 unspecified atom stereocenters. The van der Waals surface area contributed by atoms with Crippen molar-refractivity contribution in [3.05, 3.63) is 95.1 Å². The zero-order valence-corrected chi connectivity index (χ0v) is 19.3. The van der Waals surface area contributed by atoms with E-state index in [2.05, 4.69) is 130 Å². The maximum absolute atomic E-state index is 6.27. The van der Waals surface area contributed by atoms with Crippen molar-refractivity contribution in [1.29, 1.82) is 0 Å². The van der Waals surface area contributed by atoms with E-state index in [1.807, 2.05) is 0 Å². The molecule has 4 rings (SSSR count). The van der Waals surface area contributed by atoms with Crippen LogP contribution in [0.25, 0.3) is 11.6 Å². The summed E-state index contributed by atoms with van der Waals surface area (Å²) in [6.45, 7) is 4.17. The van der Waals surface area contributed by atoms with Gasteiger partial charge in [0.2, 0.25) is 0 Å². The number of anilines is 1. The van der Waals surface area contributed by atoms with E-state index in [9.17, 15) is 0 Å². The van der Waals surface area contributed by atoms with E-state index in [0.717, 1.165) is 11.3 Å². The number of hydrogen-bond acceptors (Lipinski definition) is 2. The smallest absolute Gasteiger partial charge is 0.199 e. The number of fused-ring (bicyclic) bond motifs is 1. The number of hydrogen-bond donors (Lipinski definition) is 0. The fourth-order valence-electron chi connectivity index (χ4n) is 3.95. The van der Waals surface area contributed by atoms with Crippen molar-refractivity contribution < 1.29 is 9.31 Å². The highest BCUT2D eigenvalue weighted by Crippen LogP contribution is 2.39. The maximum atomic E-state index is 6.27. The van der Waals surface area contributed by atoms with Gasteiger partial charge in [0.05, 0.1) is 0 Å². The molecule has 1 aliphatic heterocycles. The van der Waals surface area contributed by atoms with E-state index in [4.69, 9.17) is 4.74 Å². The maximum Gasteiger partial charge on any atom is 0.199 e. The lowest BCUT2D eigenvalue weighted by Crippen LogP contribution is -2.27. The molecule has 0 amide bonds. The van der Waals surface area contributed by atoms with E-state index in [0.29, 0.717) is 0 Å². The van der Waals surface area contributed by atoms with Crippen molar-refractivity contribution in [2.24, 2.45) is 0 Å². The fraction of sp³-hybridized carbons (Fsp3) is 0.250. The lowest BCUT2D eigenvalue weighted by atomic mass is 9.86. The monoisotopic (exact) mass is 411 g/mol. The Labute approximate surface area is 186 Å². The molecule has 31 heavy (non-hydrogen) atoms. The van der Waals surface area contributed by atoms with Crippen molar-refractivity contribution in [2.45, 2.75) is 19.4 Å². The van der Waals surface area contributed by atoms with Crippen LogP contribution in [0.4, 0.5) is 5.69 Å². The van der Waals surface area contributed by atoms with Crippen LogP contribution in [-0.4, -0.2) is 44.1 Å². The van der Waals surface area contributed by atoms with E-state index in [1.54, 1.807) is 0 Å². The van der Waals surface area contributed by atoms with Crippen LogP contribution in [-0.2, 0) is 0 Å². The minimum Gasteiger partial charge on any atom is -0.483 e. The van der Waals surface area contributed by atoms with Crippen LogP contribution < -0.4 is 9.64 Å². The lowest BCUT2D eigenvalue weighted by Gasteiger charge is -2.29. The zero-order chi connectivity index (χ0) is 22.2. The molecular weight excluding hydrogens is 380 g/mol. The first-order valence-corrected chi connectivity index (χ1v) is 10.7. The van der Waals surface area contributed by atoms with Gasteiger partial charge >= 0.3 is 0 Å². The first-order chi connectivity index (χ1) is 14.7. The number of benzene rings is 2. The summed E-state index contributed by atoms with van der Waals surface area (Å²) >= 11 is 0. The Balaban J connectivity index is 1.92. The molecule has 0 saturated heterocycles. The molecule has 0 aromatic heterocycles. The van der Waals surface area contributed by atoms with Crippen LogP contribution in [0, 0.1) is 0 Å². The van der Waals surface area contributed by atoms with E-state index in [1.165, 1.54) is 33.7 Å². The predicted molar refractivity (Wildman–Crippen MR) is 132 cm³/mol. The highest BCUT2D eigenvalue weighted by Gasteiger charge is 2.25. The standard InChI is InChI=1S/C28H31N2O/c1-28(2)19-18-24-25(8-7-9-26(24)31-28)27(20-10-14-22(15-11-20)29(3)4)21-12-16-23(17-13-21)30(5)6/h7-19H,1-6H3/q+1. The van der Waals surface area contributed by atoms with Crippen molar-refractivity contribution in [2.75, 3.05) is 33.1 Å². The van der Waals surface area contributed by atoms with Crippen LogP contribution in [0.15, 0.2) is 78.4 Å². The molecule has 0 bridgehead atoms. The molecule has 1 aliphatic carbocycles. The molecule has 0 saturated carbocycles. The van der Waals surface area contributed by atoms with Crippen LogP contribution >= 0.6 is 0 Å². The summed E-state index contributed by atoms with van der Waals surface area (Å²) in [6, 6.07) is 15.1. The molecule has 0 atom stereocenters. The Morgan fingerprint density at radius 1 is 0.871 bits per heavy atom. The first kappa shape index (κ1) is 20.9. The Kier molecular flexibility index (Phi) is 5.45. The topological polar surface area (TPSA) is 15.5 Å². The average Bonchev–Trinajstić information content (AvgIpc) is 2.74. The number of ether oxygens (including phenoxy) is 1. The Bertz CT molecular complexity index is 1130. The average molecular weight is 412 g/mol. The van der Waals surface area contributed by atoms with Gasteiger partial charge in [-0.2, -0.15) is 0 Å². The van der Waals surface area contributed by atoms with Crippen LogP contribution in [0.1, 0.15) is 30.5 Å². The second-order valence-electron chi connectivity index (χ2n) is 9.01. The molecule has 0 fully saturated rings. The van der Waals surface area contributed by atoms with E-state index >= 15 is 0 Å². The third-order valence-electron chi connectivity index (χ3n) is 5.70. The number of allylic oxidation sites excluding steroid dienone is 5. The Morgan fingerprint density at radius 3 is 2.16 bits per heavy atom. The molecule has 0 N–H and O–H groups in total. The number of rotatable bonds is 3. The van der Waals surface area contributed by atoms with Gasteiger partial charge in [0.25, 0.3) is 0 Å². The Hall–Kier alpha value is -3.33. The summed E-state index contributed by atoms with van der Waals surface area (Å²) in [7, 11) is 8.27. The highest BCUT2D eigenvalue weighted by molar-refractivity contribution is 6.04. The summed E-state index contributed by atoms with van der Waals surface area (Å²) in [5, 5.41) is 0. The van der Waals surface area contributed by atoms with Gasteiger partial charge in [-0.25, -0.2) is 4.58 Å². The summed E-state index contributed by atoms with van der Waals surface area (Å²) in [6.07, 6.45) is 13.1. The van der Waals surface area contributed by atoms with Crippen molar-refractivity contribution in [1.82, 2.24) is 0 Å². The SMILES string of the molecule is CN(C)c1ccc(C(=C2C=CC(=[N+](C)C)C=C2)c2cccc3c2C=CC(C)(C)O3)cc1. The summed E-state index contributed by atoms with van der Waals surface area (Å²) in [4.78, 5) is 2.12.